The molecule has 0 bridgehead atoms. The van der Waals surface area contributed by atoms with Crippen molar-refractivity contribution in [2.45, 2.75) is 19.0 Å². The Labute approximate surface area is 116 Å². The first-order valence-corrected chi connectivity index (χ1v) is 7.07. The molecular weight excluding hydrogens is 266 g/mol. The van der Waals surface area contributed by atoms with Gasteiger partial charge in [0.1, 0.15) is 0 Å². The molecule has 4 heteroatoms. The Balaban J connectivity index is 2.07. The van der Waals surface area contributed by atoms with Crippen molar-refractivity contribution >= 4 is 22.9 Å². The predicted octanol–water partition coefficient (Wildman–Crippen LogP) is 3.79. The van der Waals surface area contributed by atoms with E-state index in [9.17, 15) is 5.11 Å². The van der Waals surface area contributed by atoms with E-state index in [-0.39, 0.29) is 18.7 Å². The van der Waals surface area contributed by atoms with Crippen LogP contribution >= 0.6 is 22.9 Å². The number of benzene rings is 1. The molecule has 0 saturated carbocycles. The summed E-state index contributed by atoms with van der Waals surface area (Å²) in [6, 6.07) is 14.0. The van der Waals surface area contributed by atoms with Crippen molar-refractivity contribution in [1.82, 2.24) is 5.32 Å². The van der Waals surface area contributed by atoms with Crippen molar-refractivity contribution in [1.29, 1.82) is 0 Å². The summed E-state index contributed by atoms with van der Waals surface area (Å²) in [6.45, 7) is 2.15. The fourth-order valence-electron chi connectivity index (χ4n) is 1.88. The Morgan fingerprint density at radius 2 is 1.94 bits per heavy atom. The zero-order valence-electron chi connectivity index (χ0n) is 10.1. The second-order valence-electron chi connectivity index (χ2n) is 4.18. The molecule has 0 saturated heterocycles. The third-order valence-corrected chi connectivity index (χ3v) is 4.27. The molecule has 1 aromatic heterocycles. The van der Waals surface area contributed by atoms with Crippen LogP contribution in [0.15, 0.2) is 42.5 Å². The number of hydrogen-bond donors (Lipinski definition) is 2. The van der Waals surface area contributed by atoms with Crippen molar-refractivity contribution in [3.8, 4) is 0 Å². The van der Waals surface area contributed by atoms with Gasteiger partial charge in [0, 0.05) is 10.9 Å². The monoisotopic (exact) mass is 281 g/mol. The molecule has 1 unspecified atom stereocenters. The lowest BCUT2D eigenvalue weighted by Gasteiger charge is -2.21. The average molecular weight is 282 g/mol. The van der Waals surface area contributed by atoms with Crippen molar-refractivity contribution in [2.24, 2.45) is 0 Å². The second-order valence-corrected chi connectivity index (χ2v) is 5.92. The van der Waals surface area contributed by atoms with E-state index in [1.54, 1.807) is 11.3 Å². The van der Waals surface area contributed by atoms with Gasteiger partial charge in [-0.2, -0.15) is 0 Å². The molecule has 2 rings (SSSR count). The lowest BCUT2D eigenvalue weighted by atomic mass is 10.1. The van der Waals surface area contributed by atoms with Crippen LogP contribution in [-0.4, -0.2) is 11.7 Å². The van der Waals surface area contributed by atoms with Gasteiger partial charge in [0.25, 0.3) is 0 Å². The summed E-state index contributed by atoms with van der Waals surface area (Å²) in [4.78, 5) is 1.18. The molecule has 2 aromatic rings. The quantitative estimate of drug-likeness (QED) is 0.874. The molecular formula is C14H16ClNOS. The van der Waals surface area contributed by atoms with E-state index >= 15 is 0 Å². The van der Waals surface area contributed by atoms with Crippen LogP contribution in [0.2, 0.25) is 4.34 Å². The number of halogens is 1. The standard InChI is InChI=1S/C14H16ClNOS/c1-10(13-7-8-14(15)18-13)16-12(9-17)11-5-3-2-4-6-11/h2-8,10,12,16-17H,9H2,1H3/t10?,12-/m0/s1. The van der Waals surface area contributed by atoms with E-state index in [2.05, 4.69) is 12.2 Å². The topological polar surface area (TPSA) is 32.3 Å². The molecule has 1 heterocycles. The highest BCUT2D eigenvalue weighted by molar-refractivity contribution is 7.16. The minimum Gasteiger partial charge on any atom is -0.394 e. The van der Waals surface area contributed by atoms with Crippen LogP contribution in [0.5, 0.6) is 0 Å². The van der Waals surface area contributed by atoms with Gasteiger partial charge in [0.15, 0.2) is 0 Å². The summed E-state index contributed by atoms with van der Waals surface area (Å²) < 4.78 is 0.791. The minimum absolute atomic E-state index is 0.0536. The molecule has 0 amide bonds. The van der Waals surface area contributed by atoms with Crippen LogP contribution in [0.1, 0.15) is 29.4 Å². The predicted molar refractivity (Wildman–Crippen MR) is 77.1 cm³/mol. The number of hydrogen-bond acceptors (Lipinski definition) is 3. The average Bonchev–Trinajstić information content (AvgIpc) is 2.83. The highest BCUT2D eigenvalue weighted by Crippen LogP contribution is 2.28. The lowest BCUT2D eigenvalue weighted by Crippen LogP contribution is -2.26. The molecule has 0 radical (unpaired) electrons. The van der Waals surface area contributed by atoms with Gasteiger partial charge in [-0.1, -0.05) is 41.9 Å². The van der Waals surface area contributed by atoms with Gasteiger partial charge in [-0.3, -0.25) is 0 Å². The third-order valence-electron chi connectivity index (χ3n) is 2.86. The van der Waals surface area contributed by atoms with Gasteiger partial charge in [-0.25, -0.2) is 0 Å². The molecule has 2 nitrogen and oxygen atoms in total. The van der Waals surface area contributed by atoms with E-state index in [4.69, 9.17) is 11.6 Å². The highest BCUT2D eigenvalue weighted by Gasteiger charge is 2.15. The largest absolute Gasteiger partial charge is 0.394 e. The first-order valence-electron chi connectivity index (χ1n) is 5.88. The first-order chi connectivity index (χ1) is 8.70. The van der Waals surface area contributed by atoms with Gasteiger partial charge in [0.2, 0.25) is 0 Å². The molecule has 0 aliphatic heterocycles. The summed E-state index contributed by atoms with van der Waals surface area (Å²) in [5.74, 6) is 0. The van der Waals surface area contributed by atoms with Gasteiger partial charge in [0.05, 0.1) is 17.0 Å². The maximum atomic E-state index is 9.50. The molecule has 2 N–H and O–H groups in total. The Morgan fingerprint density at radius 1 is 1.22 bits per heavy atom. The Bertz CT molecular complexity index is 486. The van der Waals surface area contributed by atoms with Gasteiger partial charge < -0.3 is 10.4 Å². The SMILES string of the molecule is CC(N[C@@H](CO)c1ccccc1)c1ccc(Cl)s1. The molecule has 0 spiro atoms. The number of aliphatic hydroxyl groups is 1. The lowest BCUT2D eigenvalue weighted by molar-refractivity contribution is 0.236. The minimum atomic E-state index is -0.0536. The van der Waals surface area contributed by atoms with Crippen LogP contribution in [-0.2, 0) is 0 Å². The third kappa shape index (κ3) is 3.33. The molecule has 0 fully saturated rings. The van der Waals surface area contributed by atoms with Crippen molar-refractivity contribution in [2.75, 3.05) is 6.61 Å². The van der Waals surface area contributed by atoms with E-state index < -0.39 is 0 Å². The summed E-state index contributed by atoms with van der Waals surface area (Å²) in [5.41, 5.74) is 1.09. The number of rotatable bonds is 5. The Kier molecular flexibility index (Phi) is 4.78. The maximum Gasteiger partial charge on any atom is 0.0931 e. The van der Waals surface area contributed by atoms with Gasteiger partial charge in [-0.15, -0.1) is 11.3 Å². The molecule has 0 aliphatic rings. The fourth-order valence-corrected chi connectivity index (χ4v) is 2.96. The van der Waals surface area contributed by atoms with Crippen molar-refractivity contribution in [3.05, 3.63) is 57.2 Å². The normalized spacial score (nSPS) is 14.4. The summed E-state index contributed by atoms with van der Waals surface area (Å²) in [6.07, 6.45) is 0. The molecule has 0 aliphatic carbocycles. The first kappa shape index (κ1) is 13.6. The Hall–Kier alpha value is -0.870. The summed E-state index contributed by atoms with van der Waals surface area (Å²) in [7, 11) is 0. The summed E-state index contributed by atoms with van der Waals surface area (Å²) in [5, 5.41) is 12.9. The zero-order chi connectivity index (χ0) is 13.0. The van der Waals surface area contributed by atoms with Crippen LogP contribution < -0.4 is 5.32 Å². The molecule has 2 atom stereocenters. The van der Waals surface area contributed by atoms with Gasteiger partial charge in [-0.05, 0) is 24.6 Å². The number of nitrogens with one attached hydrogen (secondary N) is 1. The van der Waals surface area contributed by atoms with E-state index in [0.29, 0.717) is 0 Å². The molecule has 1 aromatic carbocycles. The smallest absolute Gasteiger partial charge is 0.0931 e. The summed E-state index contributed by atoms with van der Waals surface area (Å²) >= 11 is 7.50. The van der Waals surface area contributed by atoms with Crippen molar-refractivity contribution in [3.63, 3.8) is 0 Å². The molecule has 18 heavy (non-hydrogen) atoms. The number of thiophene rings is 1. The van der Waals surface area contributed by atoms with E-state index in [0.717, 1.165) is 9.90 Å². The fraction of sp³-hybridized carbons (Fsp3) is 0.286. The van der Waals surface area contributed by atoms with Crippen molar-refractivity contribution < 1.29 is 5.11 Å². The van der Waals surface area contributed by atoms with Crippen LogP contribution in [0.3, 0.4) is 0 Å². The zero-order valence-corrected chi connectivity index (χ0v) is 11.7. The maximum absolute atomic E-state index is 9.50. The van der Waals surface area contributed by atoms with E-state index in [1.165, 1.54) is 4.88 Å². The number of aliphatic hydroxyl groups excluding tert-OH is 1. The van der Waals surface area contributed by atoms with Crippen LogP contribution in [0.4, 0.5) is 0 Å². The van der Waals surface area contributed by atoms with E-state index in [1.807, 2.05) is 42.5 Å². The Morgan fingerprint density at radius 3 is 2.50 bits per heavy atom. The molecule has 96 valence electrons. The van der Waals surface area contributed by atoms with Gasteiger partial charge >= 0.3 is 0 Å². The van der Waals surface area contributed by atoms with Crippen LogP contribution in [0.25, 0.3) is 0 Å². The second kappa shape index (κ2) is 6.34. The highest BCUT2D eigenvalue weighted by atomic mass is 35.5. The van der Waals surface area contributed by atoms with Crippen LogP contribution in [0, 0.1) is 0 Å².